The molecule has 2 saturated heterocycles. The average Bonchev–Trinajstić information content (AvgIpc) is 3.06. The second kappa shape index (κ2) is 10.0. The summed E-state index contributed by atoms with van der Waals surface area (Å²) in [7, 11) is 0. The monoisotopic (exact) mass is 426 g/mol. The van der Waals surface area contributed by atoms with Gasteiger partial charge in [-0.05, 0) is 61.7 Å². The molecule has 4 rings (SSSR count). The Morgan fingerprint density at radius 2 is 1.81 bits per heavy atom. The molecule has 2 aliphatic rings. The number of likely N-dealkylation sites (tertiary alicyclic amines) is 1. The van der Waals surface area contributed by atoms with Gasteiger partial charge in [-0.2, -0.15) is 0 Å². The average molecular weight is 427 g/mol. The topological polar surface area (TPSA) is 63.2 Å². The van der Waals surface area contributed by atoms with Crippen LogP contribution >= 0.6 is 0 Å². The lowest BCUT2D eigenvalue weighted by atomic mass is 10.1. The van der Waals surface area contributed by atoms with Gasteiger partial charge < -0.3 is 24.6 Å². The molecule has 6 heteroatoms. The minimum absolute atomic E-state index is 0.209. The van der Waals surface area contributed by atoms with Crippen molar-refractivity contribution in [2.75, 3.05) is 32.9 Å². The number of aliphatic hydroxyl groups excluding tert-OH is 1. The van der Waals surface area contributed by atoms with Gasteiger partial charge in [0.25, 0.3) is 0 Å². The second-order valence-electron chi connectivity index (χ2n) is 8.92. The number of hydrogen-bond acceptors (Lipinski definition) is 6. The Bertz CT molecular complexity index is 853. The summed E-state index contributed by atoms with van der Waals surface area (Å²) in [6.45, 7) is 10.6. The van der Waals surface area contributed by atoms with Crippen LogP contribution in [0.15, 0.2) is 42.5 Å². The maximum absolute atomic E-state index is 10.5. The molecule has 3 atom stereocenters. The molecule has 31 heavy (non-hydrogen) atoms. The summed E-state index contributed by atoms with van der Waals surface area (Å²) in [5, 5.41) is 14.0. The fraction of sp³-hybridized carbons (Fsp3) is 0.520. The smallest absolute Gasteiger partial charge is 0.138 e. The minimum Gasteiger partial charge on any atom is -0.492 e. The zero-order valence-corrected chi connectivity index (χ0v) is 18.7. The van der Waals surface area contributed by atoms with Gasteiger partial charge in [0.1, 0.15) is 30.3 Å². The Morgan fingerprint density at radius 1 is 1.06 bits per heavy atom. The van der Waals surface area contributed by atoms with Gasteiger partial charge in [-0.25, -0.2) is 0 Å². The van der Waals surface area contributed by atoms with Crippen LogP contribution in [0.5, 0.6) is 11.5 Å². The van der Waals surface area contributed by atoms with Gasteiger partial charge >= 0.3 is 0 Å². The van der Waals surface area contributed by atoms with Gasteiger partial charge in [0.15, 0.2) is 0 Å². The SMILES string of the molecule is Cc1ccc(O[C@H]2CN(Cc3ccc(OC[C@H](C)NC4COC4)cc3)C[C@@H]2O)cc1C. The molecule has 168 valence electrons. The fourth-order valence-electron chi connectivity index (χ4n) is 3.99. The molecule has 0 aliphatic carbocycles. The van der Waals surface area contributed by atoms with E-state index in [0.717, 1.165) is 31.3 Å². The zero-order chi connectivity index (χ0) is 21.8. The maximum atomic E-state index is 10.5. The Hall–Kier alpha value is -2.12. The van der Waals surface area contributed by atoms with Crippen molar-refractivity contribution in [3.05, 3.63) is 59.2 Å². The van der Waals surface area contributed by atoms with E-state index in [1.807, 2.05) is 24.3 Å². The number of hydrogen-bond donors (Lipinski definition) is 2. The molecule has 6 nitrogen and oxygen atoms in total. The molecule has 0 bridgehead atoms. The van der Waals surface area contributed by atoms with E-state index in [1.165, 1.54) is 16.7 Å². The lowest BCUT2D eigenvalue weighted by molar-refractivity contribution is -0.0112. The third-order valence-corrected chi connectivity index (χ3v) is 6.07. The number of nitrogens with one attached hydrogen (secondary N) is 1. The van der Waals surface area contributed by atoms with E-state index >= 15 is 0 Å². The number of rotatable bonds is 9. The quantitative estimate of drug-likeness (QED) is 0.643. The molecule has 2 aliphatic heterocycles. The van der Waals surface area contributed by atoms with Gasteiger partial charge in [-0.3, -0.25) is 4.90 Å². The van der Waals surface area contributed by atoms with Gasteiger partial charge in [-0.1, -0.05) is 18.2 Å². The first kappa shape index (κ1) is 22.1. The van der Waals surface area contributed by atoms with Crippen LogP contribution < -0.4 is 14.8 Å². The summed E-state index contributed by atoms with van der Waals surface area (Å²) in [6, 6.07) is 15.1. The van der Waals surface area contributed by atoms with Crippen molar-refractivity contribution >= 4 is 0 Å². The molecule has 2 N–H and O–H groups in total. The summed E-state index contributed by atoms with van der Waals surface area (Å²) < 4.78 is 17.2. The number of benzene rings is 2. The predicted molar refractivity (Wildman–Crippen MR) is 121 cm³/mol. The van der Waals surface area contributed by atoms with Gasteiger partial charge in [0.05, 0.1) is 19.3 Å². The molecule has 0 amide bonds. The van der Waals surface area contributed by atoms with E-state index in [2.05, 4.69) is 49.2 Å². The predicted octanol–water partition coefficient (Wildman–Crippen LogP) is 2.68. The van der Waals surface area contributed by atoms with E-state index in [1.54, 1.807) is 0 Å². The number of aryl methyl sites for hydroxylation is 2. The highest BCUT2D eigenvalue weighted by Crippen LogP contribution is 2.23. The third-order valence-electron chi connectivity index (χ3n) is 6.07. The van der Waals surface area contributed by atoms with Crippen LogP contribution in [0.3, 0.4) is 0 Å². The molecule has 0 aromatic heterocycles. The van der Waals surface area contributed by atoms with E-state index < -0.39 is 6.10 Å². The molecular weight excluding hydrogens is 392 g/mol. The van der Waals surface area contributed by atoms with Crippen LogP contribution in [0, 0.1) is 13.8 Å². The Kier molecular flexibility index (Phi) is 7.13. The highest BCUT2D eigenvalue weighted by molar-refractivity contribution is 5.34. The number of ether oxygens (including phenoxy) is 3. The molecule has 2 fully saturated rings. The van der Waals surface area contributed by atoms with Crippen molar-refractivity contribution in [3.8, 4) is 11.5 Å². The fourth-order valence-corrected chi connectivity index (χ4v) is 3.99. The first-order valence-corrected chi connectivity index (χ1v) is 11.2. The van der Waals surface area contributed by atoms with Crippen LogP contribution in [-0.4, -0.2) is 67.2 Å². The van der Waals surface area contributed by atoms with Gasteiger partial charge in [0.2, 0.25) is 0 Å². The molecule has 2 aromatic rings. The summed E-state index contributed by atoms with van der Waals surface area (Å²) in [5.74, 6) is 1.70. The van der Waals surface area contributed by atoms with Crippen molar-refractivity contribution < 1.29 is 19.3 Å². The zero-order valence-electron chi connectivity index (χ0n) is 18.7. The van der Waals surface area contributed by atoms with Crippen LogP contribution in [0.4, 0.5) is 0 Å². The Balaban J connectivity index is 1.23. The van der Waals surface area contributed by atoms with E-state index in [9.17, 15) is 5.11 Å². The lowest BCUT2D eigenvalue weighted by Gasteiger charge is -2.30. The molecule has 0 saturated carbocycles. The number of aliphatic hydroxyl groups is 1. The van der Waals surface area contributed by atoms with Crippen LogP contribution in [-0.2, 0) is 11.3 Å². The first-order chi connectivity index (χ1) is 15.0. The van der Waals surface area contributed by atoms with Crippen LogP contribution in [0.25, 0.3) is 0 Å². The van der Waals surface area contributed by atoms with Crippen molar-refractivity contribution in [1.82, 2.24) is 10.2 Å². The molecular formula is C25H34N2O4. The molecule has 0 unspecified atom stereocenters. The number of nitrogens with zero attached hydrogens (tertiary/aromatic N) is 1. The standard InChI is InChI=1S/C25H34N2O4/c1-17-4-7-23(10-18(17)2)31-25-13-27(12-24(25)28)11-20-5-8-22(9-6-20)30-14-19(3)26-21-15-29-16-21/h4-10,19,21,24-26,28H,11-16H2,1-3H3/t19-,24-,25-/m0/s1. The maximum Gasteiger partial charge on any atom is 0.138 e. The van der Waals surface area contributed by atoms with Gasteiger partial charge in [-0.15, -0.1) is 0 Å². The van der Waals surface area contributed by atoms with E-state index in [0.29, 0.717) is 25.7 Å². The van der Waals surface area contributed by atoms with E-state index in [4.69, 9.17) is 14.2 Å². The summed E-state index contributed by atoms with van der Waals surface area (Å²) in [4.78, 5) is 2.24. The first-order valence-electron chi connectivity index (χ1n) is 11.2. The summed E-state index contributed by atoms with van der Waals surface area (Å²) in [5.41, 5.74) is 3.64. The number of β-amino-alcohol motifs (C(OH)–C–C–N with tert-alkyl or cyclic N) is 1. The largest absolute Gasteiger partial charge is 0.492 e. The van der Waals surface area contributed by atoms with Crippen molar-refractivity contribution in [3.63, 3.8) is 0 Å². The highest BCUT2D eigenvalue weighted by Gasteiger charge is 2.33. The lowest BCUT2D eigenvalue weighted by Crippen LogP contribution is -2.51. The highest BCUT2D eigenvalue weighted by atomic mass is 16.5. The second-order valence-corrected chi connectivity index (χ2v) is 8.92. The van der Waals surface area contributed by atoms with Crippen molar-refractivity contribution in [1.29, 1.82) is 0 Å². The van der Waals surface area contributed by atoms with E-state index in [-0.39, 0.29) is 12.1 Å². The minimum atomic E-state index is -0.487. The molecule has 0 spiro atoms. The van der Waals surface area contributed by atoms with Gasteiger partial charge in [0, 0.05) is 25.7 Å². The van der Waals surface area contributed by atoms with Crippen molar-refractivity contribution in [2.45, 2.75) is 51.6 Å². The van der Waals surface area contributed by atoms with Crippen molar-refractivity contribution in [2.24, 2.45) is 0 Å². The van der Waals surface area contributed by atoms with Crippen LogP contribution in [0.2, 0.25) is 0 Å². The van der Waals surface area contributed by atoms with Crippen LogP contribution in [0.1, 0.15) is 23.6 Å². The molecule has 0 radical (unpaired) electrons. The summed E-state index contributed by atoms with van der Waals surface area (Å²) in [6.07, 6.45) is -0.695. The molecule has 2 aromatic carbocycles. The Morgan fingerprint density at radius 3 is 2.48 bits per heavy atom. The normalized spacial score (nSPS) is 22.8. The third kappa shape index (κ3) is 5.98. The molecule has 2 heterocycles. The Labute approximate surface area is 185 Å². The summed E-state index contributed by atoms with van der Waals surface area (Å²) >= 11 is 0.